The molecule has 2 atom stereocenters. The summed E-state index contributed by atoms with van der Waals surface area (Å²) in [5.74, 6) is 1.16. The quantitative estimate of drug-likeness (QED) is 0.701. The third-order valence-corrected chi connectivity index (χ3v) is 8.69. The van der Waals surface area contributed by atoms with E-state index >= 15 is 0 Å². The summed E-state index contributed by atoms with van der Waals surface area (Å²) in [6.45, 7) is 4.41. The van der Waals surface area contributed by atoms with Gasteiger partial charge >= 0.3 is 0 Å². The van der Waals surface area contributed by atoms with Crippen molar-refractivity contribution in [2.75, 3.05) is 13.1 Å². The zero-order valence-electron chi connectivity index (χ0n) is 18.6. The number of carbonyl (C=O) groups excluding carboxylic acids is 1. The Morgan fingerprint density at radius 2 is 1.94 bits per heavy atom. The number of carbonyl (C=O) groups is 1. The first-order chi connectivity index (χ1) is 15.4. The van der Waals surface area contributed by atoms with Gasteiger partial charge in [-0.15, -0.1) is 0 Å². The second kappa shape index (κ2) is 9.62. The van der Waals surface area contributed by atoms with Crippen LogP contribution in [0.15, 0.2) is 32.2 Å². The average Bonchev–Trinajstić information content (AvgIpc) is 3.43. The summed E-state index contributed by atoms with van der Waals surface area (Å²) in [5.41, 5.74) is 0.315. The van der Waals surface area contributed by atoms with E-state index in [9.17, 15) is 13.2 Å². The topological polar surface area (TPSA) is 106 Å². The first kappa shape index (κ1) is 22.8. The number of nitrogens with one attached hydrogen (secondary N) is 1. The van der Waals surface area contributed by atoms with Crippen LogP contribution in [-0.4, -0.2) is 42.9 Å². The SMILES string of the molecule is Cc1noc(/C=C/c2ccco2)c1S(=O)(=O)N1CCC(C(=O)N[C@H]2CCCC[C@H]2C)CC1. The van der Waals surface area contributed by atoms with Crippen LogP contribution in [0.2, 0.25) is 0 Å². The van der Waals surface area contributed by atoms with Gasteiger partial charge < -0.3 is 14.3 Å². The Bertz CT molecular complexity index is 1050. The van der Waals surface area contributed by atoms with E-state index in [1.165, 1.54) is 17.0 Å². The molecule has 2 aromatic rings. The number of amides is 1. The molecule has 2 aromatic heterocycles. The zero-order valence-corrected chi connectivity index (χ0v) is 19.4. The Balaban J connectivity index is 1.41. The fourth-order valence-electron chi connectivity index (χ4n) is 4.66. The van der Waals surface area contributed by atoms with Crippen LogP contribution < -0.4 is 5.32 Å². The predicted octanol–water partition coefficient (Wildman–Crippen LogP) is 3.84. The largest absolute Gasteiger partial charge is 0.465 e. The predicted molar refractivity (Wildman–Crippen MR) is 120 cm³/mol. The summed E-state index contributed by atoms with van der Waals surface area (Å²) < 4.78 is 38.7. The van der Waals surface area contributed by atoms with Crippen LogP contribution in [0.5, 0.6) is 0 Å². The molecule has 174 valence electrons. The van der Waals surface area contributed by atoms with Crippen LogP contribution in [0.25, 0.3) is 12.2 Å². The van der Waals surface area contributed by atoms with Crippen molar-refractivity contribution in [2.24, 2.45) is 11.8 Å². The maximum atomic E-state index is 13.4. The van der Waals surface area contributed by atoms with Gasteiger partial charge in [0.2, 0.25) is 15.9 Å². The molecule has 9 heteroatoms. The lowest BCUT2D eigenvalue weighted by molar-refractivity contribution is -0.127. The summed E-state index contributed by atoms with van der Waals surface area (Å²) in [7, 11) is -3.79. The van der Waals surface area contributed by atoms with E-state index in [1.54, 1.807) is 31.2 Å². The molecule has 2 aliphatic rings. The summed E-state index contributed by atoms with van der Waals surface area (Å²) in [5, 5.41) is 7.08. The Hall–Kier alpha value is -2.39. The Kier molecular flexibility index (Phi) is 6.85. The molecule has 32 heavy (non-hydrogen) atoms. The standard InChI is InChI=1S/C23H31N3O5S/c1-16-6-3-4-8-20(16)24-23(27)18-11-13-26(14-12-18)32(28,29)22-17(2)25-31-21(22)10-9-19-7-5-15-30-19/h5,7,9-10,15-16,18,20H,3-4,6,8,11-14H2,1-2H3,(H,24,27)/b10-9+/t16-,20+/m1/s1. The second-order valence-corrected chi connectivity index (χ2v) is 10.7. The minimum absolute atomic E-state index is 0.0593. The molecule has 4 rings (SSSR count). The molecule has 1 aliphatic carbocycles. The number of hydrogen-bond donors (Lipinski definition) is 1. The number of rotatable bonds is 6. The third-order valence-electron chi connectivity index (χ3n) is 6.64. The fraction of sp³-hybridized carbons (Fsp3) is 0.565. The van der Waals surface area contributed by atoms with E-state index in [4.69, 9.17) is 8.94 Å². The summed E-state index contributed by atoms with van der Waals surface area (Å²) >= 11 is 0. The lowest BCUT2D eigenvalue weighted by Gasteiger charge is -2.34. The highest BCUT2D eigenvalue weighted by molar-refractivity contribution is 7.89. The van der Waals surface area contributed by atoms with E-state index in [0.717, 1.165) is 19.3 Å². The van der Waals surface area contributed by atoms with Gasteiger partial charge in [0.05, 0.1) is 6.26 Å². The van der Waals surface area contributed by atoms with Gasteiger partial charge in [-0.25, -0.2) is 8.42 Å². The number of aromatic nitrogens is 1. The van der Waals surface area contributed by atoms with E-state index in [0.29, 0.717) is 43.3 Å². The average molecular weight is 462 g/mol. The zero-order chi connectivity index (χ0) is 22.7. The van der Waals surface area contributed by atoms with Gasteiger partial charge in [0, 0.05) is 25.0 Å². The molecule has 8 nitrogen and oxygen atoms in total. The Labute approximate surface area is 189 Å². The minimum atomic E-state index is -3.79. The van der Waals surface area contributed by atoms with Crippen LogP contribution >= 0.6 is 0 Å². The fourth-order valence-corrected chi connectivity index (χ4v) is 6.38. The first-order valence-electron chi connectivity index (χ1n) is 11.3. The van der Waals surface area contributed by atoms with E-state index in [1.807, 2.05) is 0 Å². The van der Waals surface area contributed by atoms with E-state index in [-0.39, 0.29) is 28.5 Å². The molecule has 3 heterocycles. The van der Waals surface area contributed by atoms with Crippen molar-refractivity contribution < 1.29 is 22.2 Å². The van der Waals surface area contributed by atoms with Crippen molar-refractivity contribution >= 4 is 28.1 Å². The Morgan fingerprint density at radius 3 is 2.62 bits per heavy atom. The first-order valence-corrected chi connectivity index (χ1v) is 12.8. The lowest BCUT2D eigenvalue weighted by atomic mass is 9.85. The molecule has 1 aliphatic heterocycles. The molecule has 0 unspecified atom stereocenters. The van der Waals surface area contributed by atoms with Crippen LogP contribution in [0.4, 0.5) is 0 Å². The van der Waals surface area contributed by atoms with Crippen LogP contribution in [0.1, 0.15) is 62.7 Å². The molecule has 1 amide bonds. The van der Waals surface area contributed by atoms with Crippen molar-refractivity contribution in [3.63, 3.8) is 0 Å². The van der Waals surface area contributed by atoms with E-state index in [2.05, 4.69) is 17.4 Å². The van der Waals surface area contributed by atoms with Gasteiger partial charge in [-0.3, -0.25) is 4.79 Å². The van der Waals surface area contributed by atoms with Gasteiger partial charge in [-0.05, 0) is 62.8 Å². The lowest BCUT2D eigenvalue weighted by Crippen LogP contribution is -2.47. The molecule has 1 saturated heterocycles. The number of nitrogens with zero attached hydrogens (tertiary/aromatic N) is 2. The summed E-state index contributed by atoms with van der Waals surface area (Å²) in [6, 6.07) is 3.75. The molecule has 0 bridgehead atoms. The number of sulfonamides is 1. The molecular formula is C23H31N3O5S. The minimum Gasteiger partial charge on any atom is -0.465 e. The van der Waals surface area contributed by atoms with Gasteiger partial charge in [0.25, 0.3) is 0 Å². The van der Waals surface area contributed by atoms with Crippen molar-refractivity contribution in [1.82, 2.24) is 14.8 Å². The van der Waals surface area contributed by atoms with Gasteiger partial charge in [0.15, 0.2) is 10.7 Å². The number of piperidine rings is 1. The number of aryl methyl sites for hydroxylation is 1. The molecule has 1 saturated carbocycles. The molecule has 0 aromatic carbocycles. The van der Waals surface area contributed by atoms with Crippen LogP contribution in [0.3, 0.4) is 0 Å². The van der Waals surface area contributed by atoms with Crippen LogP contribution in [0, 0.1) is 18.8 Å². The third kappa shape index (κ3) is 4.83. The van der Waals surface area contributed by atoms with Crippen LogP contribution in [-0.2, 0) is 14.8 Å². The highest BCUT2D eigenvalue weighted by Crippen LogP contribution is 2.30. The number of furan rings is 1. The van der Waals surface area contributed by atoms with Gasteiger partial charge in [0.1, 0.15) is 11.5 Å². The van der Waals surface area contributed by atoms with Crippen molar-refractivity contribution in [3.05, 3.63) is 35.6 Å². The summed E-state index contributed by atoms with van der Waals surface area (Å²) in [6.07, 6.45) is 10.3. The maximum absolute atomic E-state index is 13.4. The second-order valence-electron chi connectivity index (χ2n) is 8.87. The molecule has 1 N–H and O–H groups in total. The Morgan fingerprint density at radius 1 is 1.19 bits per heavy atom. The molecular weight excluding hydrogens is 430 g/mol. The molecule has 0 radical (unpaired) electrons. The van der Waals surface area contributed by atoms with Gasteiger partial charge in [-0.2, -0.15) is 4.31 Å². The summed E-state index contributed by atoms with van der Waals surface area (Å²) in [4.78, 5) is 12.8. The van der Waals surface area contributed by atoms with E-state index < -0.39 is 10.0 Å². The van der Waals surface area contributed by atoms with Crippen molar-refractivity contribution in [1.29, 1.82) is 0 Å². The highest BCUT2D eigenvalue weighted by atomic mass is 32.2. The smallest absolute Gasteiger partial charge is 0.248 e. The monoisotopic (exact) mass is 461 g/mol. The normalized spacial score (nSPS) is 23.6. The van der Waals surface area contributed by atoms with Crippen molar-refractivity contribution in [2.45, 2.75) is 63.3 Å². The number of hydrogen-bond acceptors (Lipinski definition) is 6. The molecule has 0 spiro atoms. The van der Waals surface area contributed by atoms with Gasteiger partial charge in [-0.1, -0.05) is 24.9 Å². The highest BCUT2D eigenvalue weighted by Gasteiger charge is 2.36. The maximum Gasteiger partial charge on any atom is 0.248 e. The van der Waals surface area contributed by atoms with Crippen molar-refractivity contribution in [3.8, 4) is 0 Å². The molecule has 2 fully saturated rings.